The van der Waals surface area contributed by atoms with Crippen LogP contribution in [0.1, 0.15) is 66.2 Å². The maximum absolute atomic E-state index is 13.3. The van der Waals surface area contributed by atoms with Crippen LogP contribution in [-0.2, 0) is 19.1 Å². The summed E-state index contributed by atoms with van der Waals surface area (Å²) in [6.07, 6.45) is 8.23. The topological polar surface area (TPSA) is 96.4 Å². The summed E-state index contributed by atoms with van der Waals surface area (Å²) in [5.41, 5.74) is 0.129. The zero-order valence-electron chi connectivity index (χ0n) is 20.8. The minimum absolute atomic E-state index is 0.0366. The number of fused-ring (bicyclic) bond motifs is 4. The Morgan fingerprint density at radius 2 is 1.94 bits per heavy atom. The van der Waals surface area contributed by atoms with E-state index in [0.717, 1.165) is 37.7 Å². The van der Waals surface area contributed by atoms with Crippen molar-refractivity contribution in [1.29, 1.82) is 0 Å². The summed E-state index contributed by atoms with van der Waals surface area (Å²) < 4.78 is 12.1. The Hall–Kier alpha value is -1.50. The van der Waals surface area contributed by atoms with Crippen molar-refractivity contribution in [3.63, 3.8) is 0 Å². The number of esters is 1. The van der Waals surface area contributed by atoms with Crippen LogP contribution < -0.4 is 0 Å². The molecule has 0 aromatic carbocycles. The number of rotatable bonds is 3. The van der Waals surface area contributed by atoms with Crippen molar-refractivity contribution in [1.82, 2.24) is 0 Å². The molecule has 2 N–H and O–H groups in total. The van der Waals surface area contributed by atoms with Gasteiger partial charge in [-0.15, -0.1) is 0 Å². The van der Waals surface area contributed by atoms with Crippen LogP contribution >= 0.6 is 0 Å². The summed E-state index contributed by atoms with van der Waals surface area (Å²) in [7, 11) is 0. The van der Waals surface area contributed by atoms with Crippen molar-refractivity contribution in [3.8, 4) is 0 Å². The predicted molar refractivity (Wildman–Crippen MR) is 124 cm³/mol. The molecule has 0 aromatic heterocycles. The lowest BCUT2D eigenvalue weighted by Crippen LogP contribution is -2.63. The van der Waals surface area contributed by atoms with Gasteiger partial charge in [-0.3, -0.25) is 4.79 Å². The van der Waals surface area contributed by atoms with Gasteiger partial charge in [-0.2, -0.15) is 0 Å². The summed E-state index contributed by atoms with van der Waals surface area (Å²) in [5.74, 6) is 1.61. The lowest BCUT2D eigenvalue weighted by atomic mass is 9.44. The molecule has 0 amide bonds. The van der Waals surface area contributed by atoms with Gasteiger partial charge in [-0.25, -0.2) is 4.79 Å². The van der Waals surface area contributed by atoms with Gasteiger partial charge < -0.3 is 19.7 Å². The third kappa shape index (κ3) is 2.63. The first kappa shape index (κ1) is 22.9. The van der Waals surface area contributed by atoms with E-state index >= 15 is 0 Å². The maximum Gasteiger partial charge on any atom is 0.336 e. The van der Waals surface area contributed by atoms with Crippen LogP contribution in [0.2, 0.25) is 0 Å². The number of carbonyl (C=O) groups is 2. The molecule has 6 rings (SSSR count). The van der Waals surface area contributed by atoms with E-state index in [4.69, 9.17) is 9.47 Å². The molecule has 2 heterocycles. The number of allylic oxidation sites excluding steroid dienone is 1. The van der Waals surface area contributed by atoms with E-state index in [-0.39, 0.29) is 47.8 Å². The molecule has 0 aromatic rings. The van der Waals surface area contributed by atoms with Gasteiger partial charge in [0.25, 0.3) is 0 Å². The molecule has 0 unspecified atom stereocenters. The van der Waals surface area contributed by atoms with E-state index in [1.807, 2.05) is 6.92 Å². The van der Waals surface area contributed by atoms with E-state index in [0.29, 0.717) is 29.7 Å². The molecule has 11 atom stereocenters. The van der Waals surface area contributed by atoms with Gasteiger partial charge >= 0.3 is 5.97 Å². The highest BCUT2D eigenvalue weighted by atomic mass is 16.6. The number of hydrogen-bond acceptors (Lipinski definition) is 6. The summed E-state index contributed by atoms with van der Waals surface area (Å²) in [4.78, 5) is 25.8. The molecule has 4 fully saturated rings. The lowest BCUT2D eigenvalue weighted by molar-refractivity contribution is -0.155. The fraction of sp³-hybridized carbons (Fsp3) is 0.786. The Kier molecular flexibility index (Phi) is 4.90. The first-order chi connectivity index (χ1) is 16.1. The number of aliphatic hydroxyl groups excluding tert-OH is 2. The summed E-state index contributed by atoms with van der Waals surface area (Å²) in [5, 5.41) is 20.4. The van der Waals surface area contributed by atoms with Crippen LogP contribution in [0.25, 0.3) is 0 Å². The Morgan fingerprint density at radius 1 is 1.18 bits per heavy atom. The number of carbonyl (C=O) groups excluding carboxylic acids is 2. The lowest BCUT2D eigenvalue weighted by Gasteiger charge is -2.58. The fourth-order valence-corrected chi connectivity index (χ4v) is 9.69. The van der Waals surface area contributed by atoms with E-state index in [9.17, 15) is 19.8 Å². The Morgan fingerprint density at radius 3 is 2.65 bits per heavy atom. The van der Waals surface area contributed by atoms with Gasteiger partial charge in [-0.1, -0.05) is 19.4 Å². The minimum Gasteiger partial charge on any atom is -0.458 e. The number of epoxide rings is 1. The third-order valence-corrected chi connectivity index (χ3v) is 11.6. The molecule has 34 heavy (non-hydrogen) atoms. The fourth-order valence-electron chi connectivity index (χ4n) is 9.69. The number of ketones is 1. The van der Waals surface area contributed by atoms with Crippen LogP contribution in [0.3, 0.4) is 0 Å². The smallest absolute Gasteiger partial charge is 0.336 e. The third-order valence-electron chi connectivity index (χ3n) is 11.6. The molecule has 6 nitrogen and oxygen atoms in total. The van der Waals surface area contributed by atoms with Crippen molar-refractivity contribution in [2.45, 2.75) is 90.1 Å². The maximum atomic E-state index is 13.3. The first-order valence-corrected chi connectivity index (χ1v) is 13.2. The highest BCUT2D eigenvalue weighted by molar-refractivity contribution is 5.98. The van der Waals surface area contributed by atoms with Crippen molar-refractivity contribution in [2.24, 2.45) is 40.4 Å². The molecule has 1 saturated heterocycles. The molecular formula is C28H38O6. The van der Waals surface area contributed by atoms with Gasteiger partial charge in [-0.05, 0) is 93.1 Å². The van der Waals surface area contributed by atoms with Crippen molar-refractivity contribution in [2.75, 3.05) is 6.61 Å². The Bertz CT molecular complexity index is 999. The van der Waals surface area contributed by atoms with Crippen molar-refractivity contribution >= 4 is 11.8 Å². The molecule has 186 valence electrons. The van der Waals surface area contributed by atoms with Gasteiger partial charge in [0, 0.05) is 6.42 Å². The second-order valence-electron chi connectivity index (χ2n) is 12.5. The zero-order chi connectivity index (χ0) is 24.2. The van der Waals surface area contributed by atoms with Gasteiger partial charge in [0.1, 0.15) is 17.8 Å². The van der Waals surface area contributed by atoms with E-state index in [1.165, 1.54) is 0 Å². The molecule has 4 aliphatic carbocycles. The number of hydrogen-bond donors (Lipinski definition) is 2. The average Bonchev–Trinajstić information content (AvgIpc) is 3.43. The predicted octanol–water partition coefficient (Wildman–Crippen LogP) is 3.35. The van der Waals surface area contributed by atoms with Crippen LogP contribution in [-0.4, -0.2) is 52.5 Å². The number of aliphatic hydroxyl groups is 2. The quantitative estimate of drug-likeness (QED) is 0.485. The molecule has 0 radical (unpaired) electrons. The Balaban J connectivity index is 1.27. The number of cyclic esters (lactones) is 1. The summed E-state index contributed by atoms with van der Waals surface area (Å²) in [6.45, 7) is 8.41. The highest BCUT2D eigenvalue weighted by Crippen LogP contribution is 2.73. The number of ether oxygens (including phenoxy) is 2. The summed E-state index contributed by atoms with van der Waals surface area (Å²) >= 11 is 0. The molecule has 1 spiro atoms. The summed E-state index contributed by atoms with van der Waals surface area (Å²) in [6, 6.07) is 0. The van der Waals surface area contributed by atoms with E-state index < -0.39 is 17.1 Å². The second-order valence-corrected chi connectivity index (χ2v) is 12.5. The normalized spacial score (nSPS) is 52.4. The van der Waals surface area contributed by atoms with Gasteiger partial charge in [0.05, 0.1) is 23.7 Å². The van der Waals surface area contributed by atoms with Crippen LogP contribution in [0.4, 0.5) is 0 Å². The SMILES string of the molecule is CC1=C(CO)C(=O)O[C@@H]([C@@H](C)[C@@H]2CC[C@H]3[C@@H]4C[C@H]5O[C@]56[C@H](O)C=CC(=O)[C@]6(C)[C@H]4CC[C@@]23C)C1. The molecule has 2 aliphatic heterocycles. The van der Waals surface area contributed by atoms with E-state index in [1.54, 1.807) is 12.2 Å². The van der Waals surface area contributed by atoms with Crippen LogP contribution in [0.5, 0.6) is 0 Å². The first-order valence-electron chi connectivity index (χ1n) is 13.2. The molecule has 0 bridgehead atoms. The minimum atomic E-state index is -0.719. The monoisotopic (exact) mass is 470 g/mol. The zero-order valence-corrected chi connectivity index (χ0v) is 20.8. The average molecular weight is 471 g/mol. The highest BCUT2D eigenvalue weighted by Gasteiger charge is 2.80. The molecular weight excluding hydrogens is 432 g/mol. The van der Waals surface area contributed by atoms with E-state index in [2.05, 4.69) is 20.8 Å². The molecule has 6 aliphatic rings. The molecule has 6 heteroatoms. The Labute approximate surface area is 201 Å². The van der Waals surface area contributed by atoms with Gasteiger partial charge in [0.15, 0.2) is 5.78 Å². The van der Waals surface area contributed by atoms with Crippen molar-refractivity contribution < 1.29 is 29.3 Å². The van der Waals surface area contributed by atoms with Crippen LogP contribution in [0, 0.1) is 40.4 Å². The molecule has 3 saturated carbocycles. The second kappa shape index (κ2) is 7.27. The van der Waals surface area contributed by atoms with Gasteiger partial charge in [0.2, 0.25) is 0 Å². The largest absolute Gasteiger partial charge is 0.458 e. The van der Waals surface area contributed by atoms with Crippen LogP contribution in [0.15, 0.2) is 23.3 Å². The standard InChI is InChI=1S/C28H38O6/c1-14-11-21(33-25(32)17(14)13-29)15(2)18-5-6-19-16-12-24-28(34-24)23(31)8-7-22(30)27(28,4)20(16)9-10-26(18,19)3/h7-8,15-16,18-21,23-24,29,31H,5-6,9-13H2,1-4H3/t15-,16-,18-,19-,20-,21+,23+,24+,26-,27-,28+/m0/s1. The van der Waals surface area contributed by atoms with Crippen molar-refractivity contribution in [3.05, 3.63) is 23.3 Å².